The summed E-state index contributed by atoms with van der Waals surface area (Å²) in [6.07, 6.45) is 0. The van der Waals surface area contributed by atoms with E-state index in [9.17, 15) is 9.18 Å². The van der Waals surface area contributed by atoms with Gasteiger partial charge >= 0.3 is 0 Å². The highest BCUT2D eigenvalue weighted by Crippen LogP contribution is 2.36. The largest absolute Gasteiger partial charge is 0.306 e. The van der Waals surface area contributed by atoms with Crippen molar-refractivity contribution in [2.45, 2.75) is 11.5 Å². The van der Waals surface area contributed by atoms with E-state index >= 15 is 0 Å². The Morgan fingerprint density at radius 2 is 1.92 bits per heavy atom. The smallest absolute Gasteiger partial charge is 0.258 e. The molecule has 0 atom stereocenters. The predicted molar refractivity (Wildman–Crippen MR) is 103 cm³/mol. The molecule has 0 unspecified atom stereocenters. The highest BCUT2D eigenvalue weighted by molar-refractivity contribution is 7.98. The van der Waals surface area contributed by atoms with Gasteiger partial charge < -0.3 is 5.32 Å². The van der Waals surface area contributed by atoms with Crippen molar-refractivity contribution >= 4 is 46.7 Å². The number of benzene rings is 2. The van der Waals surface area contributed by atoms with Gasteiger partial charge in [0.25, 0.3) is 5.91 Å². The number of carbonyl (C=O) groups excluding carboxylic acids is 1. The van der Waals surface area contributed by atoms with E-state index < -0.39 is 0 Å². The molecular weight excluding hydrogens is 396 g/mol. The Morgan fingerprint density at radius 1 is 1.15 bits per heavy atom. The Morgan fingerprint density at radius 3 is 2.65 bits per heavy atom. The lowest BCUT2D eigenvalue weighted by Crippen LogP contribution is -2.16. The lowest BCUT2D eigenvalue weighted by atomic mass is 10.2. The van der Waals surface area contributed by atoms with E-state index in [0.717, 1.165) is 22.8 Å². The van der Waals surface area contributed by atoms with Crippen LogP contribution in [-0.2, 0) is 11.5 Å². The van der Waals surface area contributed by atoms with E-state index in [1.807, 2.05) is 0 Å². The normalized spacial score (nSPS) is 12.9. The van der Waals surface area contributed by atoms with Crippen LogP contribution >= 0.6 is 35.0 Å². The number of aromatic nitrogens is 2. The number of carbonyl (C=O) groups is 1. The monoisotopic (exact) mass is 407 g/mol. The van der Waals surface area contributed by atoms with Crippen LogP contribution < -0.4 is 5.32 Å². The molecule has 0 spiro atoms. The van der Waals surface area contributed by atoms with Crippen LogP contribution in [0.5, 0.6) is 0 Å². The molecule has 132 valence electrons. The van der Waals surface area contributed by atoms with E-state index in [1.165, 1.54) is 18.2 Å². The maximum atomic E-state index is 13.2. The number of rotatable bonds is 3. The second-order valence-corrected chi connectivity index (χ2v) is 7.56. The summed E-state index contributed by atoms with van der Waals surface area (Å²) in [6.45, 7) is 0. The number of anilines is 1. The van der Waals surface area contributed by atoms with Gasteiger partial charge in [-0.15, -0.1) is 0 Å². The minimum absolute atomic E-state index is 0.272. The van der Waals surface area contributed by atoms with Crippen LogP contribution in [0, 0.1) is 5.82 Å². The van der Waals surface area contributed by atoms with Gasteiger partial charge in [-0.25, -0.2) is 9.07 Å². The van der Waals surface area contributed by atoms with Crippen LogP contribution in [-0.4, -0.2) is 15.7 Å². The van der Waals surface area contributed by atoms with E-state index in [2.05, 4.69) is 10.4 Å². The Hall–Kier alpha value is -2.02. The van der Waals surface area contributed by atoms with Crippen LogP contribution in [0.1, 0.15) is 21.6 Å². The molecule has 2 heterocycles. The molecular formula is C18H12Cl2FN3OS. The summed E-state index contributed by atoms with van der Waals surface area (Å²) >= 11 is 13.8. The van der Waals surface area contributed by atoms with Crippen molar-refractivity contribution in [1.29, 1.82) is 0 Å². The lowest BCUT2D eigenvalue weighted by molar-refractivity contribution is 0.102. The third-order valence-electron chi connectivity index (χ3n) is 4.03. The van der Waals surface area contributed by atoms with E-state index in [0.29, 0.717) is 22.1 Å². The maximum absolute atomic E-state index is 13.2. The fourth-order valence-electron chi connectivity index (χ4n) is 2.76. The van der Waals surface area contributed by atoms with Gasteiger partial charge in [0, 0.05) is 22.1 Å². The summed E-state index contributed by atoms with van der Waals surface area (Å²) in [5, 5.41) is 8.22. The van der Waals surface area contributed by atoms with Crippen LogP contribution in [0.3, 0.4) is 0 Å². The number of nitrogens with zero attached hydrogens (tertiary/aromatic N) is 2. The molecule has 4 nitrogen and oxygen atoms in total. The molecule has 3 aromatic rings. The highest BCUT2D eigenvalue weighted by atomic mass is 35.5. The topological polar surface area (TPSA) is 46.9 Å². The molecule has 0 saturated carbocycles. The van der Waals surface area contributed by atoms with Crippen molar-refractivity contribution in [2.24, 2.45) is 0 Å². The first-order chi connectivity index (χ1) is 12.5. The zero-order valence-corrected chi connectivity index (χ0v) is 15.6. The second kappa shape index (κ2) is 6.95. The highest BCUT2D eigenvalue weighted by Gasteiger charge is 2.25. The summed E-state index contributed by atoms with van der Waals surface area (Å²) in [5.74, 6) is 1.42. The number of fused-ring (bicyclic) bond motifs is 1. The molecule has 0 bridgehead atoms. The molecule has 1 aromatic heterocycles. The summed E-state index contributed by atoms with van der Waals surface area (Å²) in [6, 6.07) is 10.7. The SMILES string of the molecule is O=C(Nc1c2c(nn1-c1ccc(F)cc1)CSC2)c1ccc(Cl)cc1Cl. The predicted octanol–water partition coefficient (Wildman–Crippen LogP) is 5.32. The molecule has 1 N–H and O–H groups in total. The number of amides is 1. The van der Waals surface area contributed by atoms with Crippen molar-refractivity contribution in [3.8, 4) is 5.69 Å². The molecule has 8 heteroatoms. The third kappa shape index (κ3) is 3.20. The summed E-state index contributed by atoms with van der Waals surface area (Å²) < 4.78 is 14.9. The number of halogens is 3. The zero-order valence-electron chi connectivity index (χ0n) is 13.3. The number of hydrogen-bond donors (Lipinski definition) is 1. The summed E-state index contributed by atoms with van der Waals surface area (Å²) in [5.41, 5.74) is 2.88. The standard InChI is InChI=1S/C18H12Cl2FN3OS/c19-10-1-6-13(15(20)7-10)18(25)22-17-14-8-26-9-16(14)23-24(17)12-4-2-11(21)3-5-12/h1-7H,8-9H2,(H,22,25). The quantitative estimate of drug-likeness (QED) is 0.638. The van der Waals surface area contributed by atoms with Gasteiger partial charge in [0.15, 0.2) is 0 Å². The summed E-state index contributed by atoms with van der Waals surface area (Å²) in [7, 11) is 0. The minimum atomic E-state index is -0.352. The molecule has 2 aromatic carbocycles. The van der Waals surface area contributed by atoms with Gasteiger partial charge in [-0.05, 0) is 42.5 Å². The van der Waals surface area contributed by atoms with E-state index in [1.54, 1.807) is 40.7 Å². The fourth-order valence-corrected chi connectivity index (χ4v) is 4.29. The van der Waals surface area contributed by atoms with Gasteiger partial charge in [-0.2, -0.15) is 16.9 Å². The van der Waals surface area contributed by atoms with Crippen molar-refractivity contribution < 1.29 is 9.18 Å². The van der Waals surface area contributed by atoms with Crippen LogP contribution in [0.4, 0.5) is 10.2 Å². The van der Waals surface area contributed by atoms with Crippen LogP contribution in [0.2, 0.25) is 10.0 Å². The van der Waals surface area contributed by atoms with Crippen molar-refractivity contribution in [2.75, 3.05) is 5.32 Å². The van der Waals surface area contributed by atoms with Gasteiger partial charge in [0.1, 0.15) is 11.6 Å². The minimum Gasteiger partial charge on any atom is -0.306 e. The lowest BCUT2D eigenvalue weighted by Gasteiger charge is -2.12. The fraction of sp³-hybridized carbons (Fsp3) is 0.111. The van der Waals surface area contributed by atoms with E-state index in [-0.39, 0.29) is 16.7 Å². The molecule has 0 fully saturated rings. The first-order valence-electron chi connectivity index (χ1n) is 7.74. The molecule has 26 heavy (non-hydrogen) atoms. The van der Waals surface area contributed by atoms with Crippen LogP contribution in [0.25, 0.3) is 5.69 Å². The molecule has 4 rings (SSSR count). The Bertz CT molecular complexity index is 1000. The van der Waals surface area contributed by atoms with Gasteiger partial charge in [0.2, 0.25) is 0 Å². The maximum Gasteiger partial charge on any atom is 0.258 e. The third-order valence-corrected chi connectivity index (χ3v) is 5.55. The average Bonchev–Trinajstić information content (AvgIpc) is 3.18. The Balaban J connectivity index is 1.73. The second-order valence-electron chi connectivity index (χ2n) is 5.73. The number of thioether (sulfide) groups is 1. The average molecular weight is 408 g/mol. The Labute approximate surface area is 163 Å². The number of nitrogens with one attached hydrogen (secondary N) is 1. The molecule has 0 aliphatic carbocycles. The Kier molecular flexibility index (Phi) is 4.65. The molecule has 0 saturated heterocycles. The molecule has 0 radical (unpaired) electrons. The molecule has 1 amide bonds. The molecule has 1 aliphatic heterocycles. The molecule has 1 aliphatic rings. The van der Waals surface area contributed by atoms with Crippen molar-refractivity contribution in [1.82, 2.24) is 9.78 Å². The summed E-state index contributed by atoms with van der Waals surface area (Å²) in [4.78, 5) is 12.7. The van der Waals surface area contributed by atoms with E-state index in [4.69, 9.17) is 23.2 Å². The first kappa shape index (κ1) is 17.4. The van der Waals surface area contributed by atoms with Crippen molar-refractivity contribution in [3.05, 3.63) is 75.1 Å². The first-order valence-corrected chi connectivity index (χ1v) is 9.65. The van der Waals surface area contributed by atoms with Gasteiger partial charge in [0.05, 0.1) is 22.0 Å². The van der Waals surface area contributed by atoms with Crippen molar-refractivity contribution in [3.63, 3.8) is 0 Å². The zero-order chi connectivity index (χ0) is 18.3. The number of hydrogen-bond acceptors (Lipinski definition) is 3. The van der Waals surface area contributed by atoms with Gasteiger partial charge in [-0.3, -0.25) is 4.79 Å². The van der Waals surface area contributed by atoms with Gasteiger partial charge in [-0.1, -0.05) is 23.2 Å². The van der Waals surface area contributed by atoms with Crippen LogP contribution in [0.15, 0.2) is 42.5 Å².